The second-order valence-electron chi connectivity index (χ2n) is 7.43. The van der Waals surface area contributed by atoms with Crippen molar-refractivity contribution in [1.82, 2.24) is 14.1 Å². The van der Waals surface area contributed by atoms with E-state index in [1.807, 2.05) is 26.0 Å². The Morgan fingerprint density at radius 2 is 1.80 bits per heavy atom. The van der Waals surface area contributed by atoms with E-state index < -0.39 is 0 Å². The van der Waals surface area contributed by atoms with Gasteiger partial charge in [-0.1, -0.05) is 24.3 Å². The lowest BCUT2D eigenvalue weighted by Gasteiger charge is -2.10. The van der Waals surface area contributed by atoms with E-state index in [9.17, 15) is 14.0 Å². The van der Waals surface area contributed by atoms with E-state index in [-0.39, 0.29) is 23.7 Å². The number of para-hydroxylation sites is 1. The van der Waals surface area contributed by atoms with Crippen LogP contribution < -0.4 is 5.56 Å². The monoisotopic (exact) mass is 403 g/mol. The molecule has 4 aromatic rings. The van der Waals surface area contributed by atoms with Crippen LogP contribution in [0.25, 0.3) is 10.9 Å². The number of benzene rings is 2. The first-order chi connectivity index (χ1) is 14.4. The van der Waals surface area contributed by atoms with E-state index >= 15 is 0 Å². The number of rotatable bonds is 6. The molecule has 30 heavy (non-hydrogen) atoms. The SMILES string of the molecule is Cc1cc(C(=O)Cn2cnc3ccccc3c2=O)c(C)n1CCc1ccc(F)cc1. The zero-order chi connectivity index (χ0) is 21.3. The minimum absolute atomic E-state index is 0.0566. The number of nitrogens with zero attached hydrogens (tertiary/aromatic N) is 3. The molecule has 0 fully saturated rings. The number of hydrogen-bond acceptors (Lipinski definition) is 3. The molecule has 0 saturated heterocycles. The first-order valence-corrected chi connectivity index (χ1v) is 9.82. The van der Waals surface area contributed by atoms with Crippen molar-refractivity contribution in [3.63, 3.8) is 0 Å². The lowest BCUT2D eigenvalue weighted by molar-refractivity contribution is 0.0970. The average Bonchev–Trinajstić information content (AvgIpc) is 3.03. The normalized spacial score (nSPS) is 11.2. The number of hydrogen-bond donors (Lipinski definition) is 0. The molecule has 0 aliphatic carbocycles. The van der Waals surface area contributed by atoms with Crippen molar-refractivity contribution >= 4 is 16.7 Å². The summed E-state index contributed by atoms with van der Waals surface area (Å²) >= 11 is 0. The van der Waals surface area contributed by atoms with Crippen LogP contribution in [0.3, 0.4) is 0 Å². The molecule has 0 atom stereocenters. The van der Waals surface area contributed by atoms with E-state index in [0.717, 1.165) is 23.4 Å². The lowest BCUT2D eigenvalue weighted by atomic mass is 10.1. The van der Waals surface area contributed by atoms with Crippen LogP contribution in [0.15, 0.2) is 65.7 Å². The fourth-order valence-corrected chi connectivity index (χ4v) is 3.78. The molecule has 2 aromatic heterocycles. The third kappa shape index (κ3) is 3.81. The molecule has 6 heteroatoms. The predicted octanol–water partition coefficient (Wildman–Crippen LogP) is 4.08. The zero-order valence-corrected chi connectivity index (χ0v) is 16.9. The number of aryl methyl sites for hydroxylation is 2. The van der Waals surface area contributed by atoms with E-state index in [4.69, 9.17) is 0 Å². The Labute approximate surface area is 173 Å². The number of carbonyl (C=O) groups excluding carboxylic acids is 1. The Hall–Kier alpha value is -3.54. The molecule has 0 N–H and O–H groups in total. The zero-order valence-electron chi connectivity index (χ0n) is 16.9. The van der Waals surface area contributed by atoms with Gasteiger partial charge in [0, 0.05) is 23.5 Å². The minimum Gasteiger partial charge on any atom is -0.348 e. The van der Waals surface area contributed by atoms with E-state index in [1.165, 1.54) is 23.0 Å². The summed E-state index contributed by atoms with van der Waals surface area (Å²) in [6, 6.07) is 15.4. The largest absolute Gasteiger partial charge is 0.348 e. The molecule has 152 valence electrons. The van der Waals surface area contributed by atoms with Crippen molar-refractivity contribution in [2.24, 2.45) is 0 Å². The summed E-state index contributed by atoms with van der Waals surface area (Å²) in [5.41, 5.74) is 3.87. The number of ketones is 1. The molecule has 0 saturated carbocycles. The Balaban J connectivity index is 1.55. The van der Waals surface area contributed by atoms with Gasteiger partial charge in [0.15, 0.2) is 5.78 Å². The van der Waals surface area contributed by atoms with Gasteiger partial charge in [0.05, 0.1) is 23.8 Å². The minimum atomic E-state index is -0.251. The quantitative estimate of drug-likeness (QED) is 0.456. The summed E-state index contributed by atoms with van der Waals surface area (Å²) < 4.78 is 16.5. The highest BCUT2D eigenvalue weighted by atomic mass is 19.1. The number of Topliss-reactive ketones (excluding diaryl/α,β-unsaturated/α-hetero) is 1. The van der Waals surface area contributed by atoms with Crippen LogP contribution >= 0.6 is 0 Å². The maximum absolute atomic E-state index is 13.1. The highest BCUT2D eigenvalue weighted by Gasteiger charge is 2.17. The van der Waals surface area contributed by atoms with Crippen LogP contribution in [0.2, 0.25) is 0 Å². The molecule has 5 nitrogen and oxygen atoms in total. The number of fused-ring (bicyclic) bond motifs is 1. The molecular weight excluding hydrogens is 381 g/mol. The van der Waals surface area contributed by atoms with Crippen molar-refractivity contribution in [2.75, 3.05) is 0 Å². The smallest absolute Gasteiger partial charge is 0.261 e. The summed E-state index contributed by atoms with van der Waals surface area (Å²) in [5, 5.41) is 0.498. The van der Waals surface area contributed by atoms with Crippen molar-refractivity contribution in [3.05, 3.63) is 99.6 Å². The first-order valence-electron chi connectivity index (χ1n) is 9.82. The molecule has 0 radical (unpaired) electrons. The molecule has 0 bridgehead atoms. The Bertz CT molecular complexity index is 1290. The summed E-state index contributed by atoms with van der Waals surface area (Å²) in [7, 11) is 0. The van der Waals surface area contributed by atoms with Gasteiger partial charge in [-0.15, -0.1) is 0 Å². The molecule has 0 spiro atoms. The van der Waals surface area contributed by atoms with Crippen LogP contribution in [-0.4, -0.2) is 19.9 Å². The van der Waals surface area contributed by atoms with Gasteiger partial charge < -0.3 is 4.57 Å². The molecule has 2 aromatic carbocycles. The Morgan fingerprint density at radius 1 is 1.07 bits per heavy atom. The fourth-order valence-electron chi connectivity index (χ4n) is 3.78. The van der Waals surface area contributed by atoms with Gasteiger partial charge in [-0.3, -0.25) is 14.2 Å². The van der Waals surface area contributed by atoms with E-state index in [1.54, 1.807) is 30.3 Å². The summed E-state index contributed by atoms with van der Waals surface area (Å²) in [5.74, 6) is -0.381. The van der Waals surface area contributed by atoms with Gasteiger partial charge in [-0.05, 0) is 56.2 Å². The summed E-state index contributed by atoms with van der Waals surface area (Å²) in [4.78, 5) is 29.9. The topological polar surface area (TPSA) is 56.9 Å². The van der Waals surface area contributed by atoms with Gasteiger partial charge in [0.25, 0.3) is 5.56 Å². The second kappa shape index (κ2) is 8.06. The van der Waals surface area contributed by atoms with Gasteiger partial charge in [0.1, 0.15) is 5.82 Å². The number of carbonyl (C=O) groups is 1. The van der Waals surface area contributed by atoms with Gasteiger partial charge >= 0.3 is 0 Å². The standard InChI is InChI=1S/C24H22FN3O2/c1-16-13-21(17(2)28(16)12-11-18-7-9-19(25)10-8-18)23(29)14-27-15-26-22-6-4-3-5-20(22)24(27)30/h3-10,13,15H,11-12,14H2,1-2H3. The highest BCUT2D eigenvalue weighted by Crippen LogP contribution is 2.18. The van der Waals surface area contributed by atoms with Crippen molar-refractivity contribution in [1.29, 1.82) is 0 Å². The second-order valence-corrected chi connectivity index (χ2v) is 7.43. The Morgan fingerprint density at radius 3 is 2.57 bits per heavy atom. The van der Waals surface area contributed by atoms with E-state index in [0.29, 0.717) is 23.0 Å². The van der Waals surface area contributed by atoms with Crippen LogP contribution in [-0.2, 0) is 19.5 Å². The van der Waals surface area contributed by atoms with Crippen LogP contribution in [0.5, 0.6) is 0 Å². The van der Waals surface area contributed by atoms with Crippen LogP contribution in [0, 0.1) is 19.7 Å². The summed E-state index contributed by atoms with van der Waals surface area (Å²) in [6.07, 6.45) is 2.16. The third-order valence-corrected chi connectivity index (χ3v) is 5.46. The molecule has 0 aliphatic rings. The van der Waals surface area contributed by atoms with Gasteiger partial charge in [0.2, 0.25) is 0 Å². The van der Waals surface area contributed by atoms with Crippen LogP contribution in [0.4, 0.5) is 4.39 Å². The van der Waals surface area contributed by atoms with Gasteiger partial charge in [-0.2, -0.15) is 0 Å². The van der Waals surface area contributed by atoms with Crippen LogP contribution in [0.1, 0.15) is 27.3 Å². The van der Waals surface area contributed by atoms with Crippen molar-refractivity contribution in [3.8, 4) is 0 Å². The molecule has 0 unspecified atom stereocenters. The average molecular weight is 403 g/mol. The Kier molecular flexibility index (Phi) is 5.31. The first kappa shape index (κ1) is 19.8. The maximum Gasteiger partial charge on any atom is 0.261 e. The lowest BCUT2D eigenvalue weighted by Crippen LogP contribution is -2.25. The number of aromatic nitrogens is 3. The molecule has 0 amide bonds. The highest BCUT2D eigenvalue weighted by molar-refractivity contribution is 5.97. The molecule has 2 heterocycles. The maximum atomic E-state index is 13.1. The van der Waals surface area contributed by atoms with Gasteiger partial charge in [-0.25, -0.2) is 9.37 Å². The van der Waals surface area contributed by atoms with E-state index in [2.05, 4.69) is 9.55 Å². The molecule has 0 aliphatic heterocycles. The molecular formula is C24H22FN3O2. The molecule has 4 rings (SSSR count). The van der Waals surface area contributed by atoms with Crippen molar-refractivity contribution in [2.45, 2.75) is 33.4 Å². The third-order valence-electron chi connectivity index (χ3n) is 5.46. The predicted molar refractivity (Wildman–Crippen MR) is 114 cm³/mol. The summed E-state index contributed by atoms with van der Waals surface area (Å²) in [6.45, 7) is 4.50. The fraction of sp³-hybridized carbons (Fsp3) is 0.208. The van der Waals surface area contributed by atoms with Crippen molar-refractivity contribution < 1.29 is 9.18 Å². The number of halogens is 1.